The zero-order valence-electron chi connectivity index (χ0n) is 14.2. The van der Waals surface area contributed by atoms with Gasteiger partial charge in [0, 0.05) is 22.8 Å². The molecule has 0 bridgehead atoms. The van der Waals surface area contributed by atoms with E-state index in [2.05, 4.69) is 10.3 Å². The number of anilines is 1. The number of halogens is 1. The molecule has 0 fully saturated rings. The van der Waals surface area contributed by atoms with Crippen LogP contribution in [0.3, 0.4) is 0 Å². The number of nitrogens with one attached hydrogen (secondary N) is 1. The van der Waals surface area contributed by atoms with Crippen molar-refractivity contribution in [2.24, 2.45) is 0 Å². The summed E-state index contributed by atoms with van der Waals surface area (Å²) in [4.78, 5) is 16.8. The summed E-state index contributed by atoms with van der Waals surface area (Å²) in [6.45, 7) is 0. The Kier molecular flexibility index (Phi) is 4.73. The van der Waals surface area contributed by atoms with Crippen LogP contribution in [0.15, 0.2) is 85.1 Å². The van der Waals surface area contributed by atoms with Crippen molar-refractivity contribution in [2.75, 3.05) is 5.32 Å². The van der Waals surface area contributed by atoms with E-state index < -0.39 is 0 Å². The Morgan fingerprint density at radius 2 is 1.74 bits per heavy atom. The SMILES string of the molecule is O=C(Nc1ccc2cccnc2c1)c1ccc(Oc2ccccc2Cl)cc1. The van der Waals surface area contributed by atoms with E-state index in [9.17, 15) is 4.79 Å². The molecular weight excluding hydrogens is 360 g/mol. The molecule has 5 heteroatoms. The van der Waals surface area contributed by atoms with Crippen molar-refractivity contribution >= 4 is 34.1 Å². The number of benzene rings is 3. The zero-order chi connectivity index (χ0) is 18.6. The highest BCUT2D eigenvalue weighted by Gasteiger charge is 2.08. The van der Waals surface area contributed by atoms with Gasteiger partial charge in [-0.15, -0.1) is 0 Å². The number of fused-ring (bicyclic) bond motifs is 1. The van der Waals surface area contributed by atoms with Crippen molar-refractivity contribution in [1.82, 2.24) is 4.98 Å². The largest absolute Gasteiger partial charge is 0.456 e. The third kappa shape index (κ3) is 3.91. The fourth-order valence-corrected chi connectivity index (χ4v) is 2.85. The third-order valence-corrected chi connectivity index (χ3v) is 4.36. The minimum absolute atomic E-state index is 0.199. The first-order valence-electron chi connectivity index (χ1n) is 8.38. The number of pyridine rings is 1. The molecule has 4 rings (SSSR count). The van der Waals surface area contributed by atoms with E-state index >= 15 is 0 Å². The number of amides is 1. The lowest BCUT2D eigenvalue weighted by Crippen LogP contribution is -2.11. The summed E-state index contributed by atoms with van der Waals surface area (Å²) in [7, 11) is 0. The molecule has 4 aromatic rings. The lowest BCUT2D eigenvalue weighted by Gasteiger charge is -2.09. The van der Waals surface area contributed by atoms with Crippen LogP contribution in [-0.4, -0.2) is 10.9 Å². The summed E-state index contributed by atoms with van der Waals surface area (Å²) in [5, 5.41) is 4.44. The fraction of sp³-hybridized carbons (Fsp3) is 0. The van der Waals surface area contributed by atoms with E-state index in [0.29, 0.717) is 27.8 Å². The van der Waals surface area contributed by atoms with Crippen molar-refractivity contribution in [3.8, 4) is 11.5 Å². The molecular formula is C22H15ClN2O2. The molecule has 0 atom stereocenters. The van der Waals surface area contributed by atoms with Gasteiger partial charge in [-0.25, -0.2) is 0 Å². The number of hydrogen-bond acceptors (Lipinski definition) is 3. The van der Waals surface area contributed by atoms with Crippen LogP contribution in [0, 0.1) is 0 Å². The van der Waals surface area contributed by atoms with Crippen LogP contribution in [-0.2, 0) is 0 Å². The highest BCUT2D eigenvalue weighted by Crippen LogP contribution is 2.29. The van der Waals surface area contributed by atoms with Crippen LogP contribution in [0.2, 0.25) is 5.02 Å². The average molecular weight is 375 g/mol. The van der Waals surface area contributed by atoms with Crippen molar-refractivity contribution in [3.63, 3.8) is 0 Å². The first-order chi connectivity index (χ1) is 13.2. The standard InChI is InChI=1S/C22H15ClN2O2/c23-19-5-1-2-6-21(19)27-18-11-8-16(9-12-18)22(26)25-17-10-7-15-4-3-13-24-20(15)14-17/h1-14H,(H,25,26). The number of para-hydroxylation sites is 1. The van der Waals surface area contributed by atoms with Crippen LogP contribution < -0.4 is 10.1 Å². The molecule has 0 radical (unpaired) electrons. The zero-order valence-corrected chi connectivity index (χ0v) is 15.0. The summed E-state index contributed by atoms with van der Waals surface area (Å²) < 4.78 is 5.74. The molecule has 0 aliphatic heterocycles. The molecule has 1 N–H and O–H groups in total. The number of ether oxygens (including phenoxy) is 1. The molecule has 1 amide bonds. The molecule has 0 spiro atoms. The van der Waals surface area contributed by atoms with Gasteiger partial charge in [-0.1, -0.05) is 35.9 Å². The van der Waals surface area contributed by atoms with Gasteiger partial charge in [0.05, 0.1) is 10.5 Å². The molecule has 0 unspecified atom stereocenters. The lowest BCUT2D eigenvalue weighted by atomic mass is 10.1. The fourth-order valence-electron chi connectivity index (χ4n) is 2.68. The van der Waals surface area contributed by atoms with Gasteiger partial charge < -0.3 is 10.1 Å². The molecule has 27 heavy (non-hydrogen) atoms. The number of aromatic nitrogens is 1. The Hall–Kier alpha value is -3.37. The smallest absolute Gasteiger partial charge is 0.255 e. The maximum Gasteiger partial charge on any atom is 0.255 e. The van der Waals surface area contributed by atoms with Gasteiger partial charge in [0.15, 0.2) is 0 Å². The van der Waals surface area contributed by atoms with Gasteiger partial charge >= 0.3 is 0 Å². The highest BCUT2D eigenvalue weighted by molar-refractivity contribution is 6.32. The van der Waals surface area contributed by atoms with Gasteiger partial charge in [0.25, 0.3) is 5.91 Å². The van der Waals surface area contributed by atoms with E-state index in [1.54, 1.807) is 42.6 Å². The van der Waals surface area contributed by atoms with Crippen LogP contribution >= 0.6 is 11.6 Å². The normalized spacial score (nSPS) is 10.6. The minimum atomic E-state index is -0.199. The Morgan fingerprint density at radius 1 is 0.926 bits per heavy atom. The van der Waals surface area contributed by atoms with Gasteiger partial charge in [0.2, 0.25) is 0 Å². The first-order valence-corrected chi connectivity index (χ1v) is 8.75. The van der Waals surface area contributed by atoms with Gasteiger partial charge in [-0.3, -0.25) is 9.78 Å². The quantitative estimate of drug-likeness (QED) is 0.481. The number of carbonyl (C=O) groups excluding carboxylic acids is 1. The second-order valence-electron chi connectivity index (χ2n) is 5.92. The lowest BCUT2D eigenvalue weighted by molar-refractivity contribution is 0.102. The number of hydrogen-bond donors (Lipinski definition) is 1. The summed E-state index contributed by atoms with van der Waals surface area (Å²) in [6, 6.07) is 23.6. The summed E-state index contributed by atoms with van der Waals surface area (Å²) in [5.74, 6) is 0.976. The Labute approximate surface area is 161 Å². The van der Waals surface area contributed by atoms with Crippen molar-refractivity contribution in [2.45, 2.75) is 0 Å². The molecule has 3 aromatic carbocycles. The van der Waals surface area contributed by atoms with Gasteiger partial charge in [-0.05, 0) is 54.6 Å². The molecule has 0 saturated heterocycles. The topological polar surface area (TPSA) is 51.2 Å². The molecule has 0 aliphatic rings. The molecule has 132 valence electrons. The van der Waals surface area contributed by atoms with E-state index in [1.165, 1.54) is 0 Å². The van der Waals surface area contributed by atoms with Crippen LogP contribution in [0.5, 0.6) is 11.5 Å². The van der Waals surface area contributed by atoms with Crippen LogP contribution in [0.4, 0.5) is 5.69 Å². The van der Waals surface area contributed by atoms with E-state index in [0.717, 1.165) is 10.9 Å². The number of carbonyl (C=O) groups is 1. The van der Waals surface area contributed by atoms with E-state index in [4.69, 9.17) is 16.3 Å². The van der Waals surface area contributed by atoms with Gasteiger partial charge in [0.1, 0.15) is 11.5 Å². The number of nitrogens with zero attached hydrogens (tertiary/aromatic N) is 1. The molecule has 1 aromatic heterocycles. The number of rotatable bonds is 4. The average Bonchev–Trinajstić information content (AvgIpc) is 2.70. The molecule has 4 nitrogen and oxygen atoms in total. The molecule has 0 aliphatic carbocycles. The van der Waals surface area contributed by atoms with E-state index in [-0.39, 0.29) is 5.91 Å². The summed E-state index contributed by atoms with van der Waals surface area (Å²) in [5.41, 5.74) is 2.06. The van der Waals surface area contributed by atoms with Crippen molar-refractivity contribution in [3.05, 3.63) is 95.6 Å². The third-order valence-electron chi connectivity index (χ3n) is 4.04. The Morgan fingerprint density at radius 3 is 2.56 bits per heavy atom. The molecule has 1 heterocycles. The predicted molar refractivity (Wildman–Crippen MR) is 108 cm³/mol. The Bertz CT molecular complexity index is 1110. The minimum Gasteiger partial charge on any atom is -0.456 e. The Balaban J connectivity index is 1.47. The van der Waals surface area contributed by atoms with Gasteiger partial charge in [-0.2, -0.15) is 0 Å². The highest BCUT2D eigenvalue weighted by atomic mass is 35.5. The monoisotopic (exact) mass is 374 g/mol. The first kappa shape index (κ1) is 17.1. The maximum atomic E-state index is 12.5. The van der Waals surface area contributed by atoms with Crippen molar-refractivity contribution < 1.29 is 9.53 Å². The summed E-state index contributed by atoms with van der Waals surface area (Å²) in [6.07, 6.45) is 1.73. The van der Waals surface area contributed by atoms with Crippen LogP contribution in [0.1, 0.15) is 10.4 Å². The van der Waals surface area contributed by atoms with Crippen molar-refractivity contribution in [1.29, 1.82) is 0 Å². The van der Waals surface area contributed by atoms with E-state index in [1.807, 2.05) is 42.5 Å². The predicted octanol–water partition coefficient (Wildman–Crippen LogP) is 5.93. The summed E-state index contributed by atoms with van der Waals surface area (Å²) >= 11 is 6.09. The maximum absolute atomic E-state index is 12.5. The molecule has 0 saturated carbocycles. The van der Waals surface area contributed by atoms with Crippen LogP contribution in [0.25, 0.3) is 10.9 Å². The second-order valence-corrected chi connectivity index (χ2v) is 6.33. The second kappa shape index (κ2) is 7.48.